The number of aromatic nitrogens is 1. The van der Waals surface area contributed by atoms with E-state index < -0.39 is 16.0 Å². The number of ether oxygens (including phenoxy) is 1. The monoisotopic (exact) mass is 360 g/mol. The van der Waals surface area contributed by atoms with Gasteiger partial charge in [-0.05, 0) is 18.0 Å². The Morgan fingerprint density at radius 2 is 2.13 bits per heavy atom. The zero-order valence-corrected chi connectivity index (χ0v) is 14.5. The summed E-state index contributed by atoms with van der Waals surface area (Å²) in [6.45, 7) is 4.67. The van der Waals surface area contributed by atoms with Gasteiger partial charge in [0.1, 0.15) is 4.90 Å². The first-order chi connectivity index (χ1) is 11.0. The second-order valence-corrected chi connectivity index (χ2v) is 8.15. The summed E-state index contributed by atoms with van der Waals surface area (Å²) < 4.78 is 35.6. The second-order valence-electron chi connectivity index (χ2n) is 5.61. The summed E-state index contributed by atoms with van der Waals surface area (Å²) in [6, 6.07) is 0.236. The highest BCUT2D eigenvalue weighted by Crippen LogP contribution is 2.27. The van der Waals surface area contributed by atoms with Crippen molar-refractivity contribution in [3.05, 3.63) is 11.1 Å². The number of piperazine rings is 1. The predicted molar refractivity (Wildman–Crippen MR) is 85.1 cm³/mol. The molecule has 3 rings (SSSR count). The van der Waals surface area contributed by atoms with Crippen LogP contribution < -0.4 is 5.32 Å². The zero-order valence-electron chi connectivity index (χ0n) is 12.9. The molecule has 2 aliphatic heterocycles. The van der Waals surface area contributed by atoms with Crippen LogP contribution in [0.25, 0.3) is 0 Å². The molecule has 1 N–H and O–H groups in total. The molecule has 128 valence electrons. The smallest absolute Gasteiger partial charge is 0.359 e. The summed E-state index contributed by atoms with van der Waals surface area (Å²) in [4.78, 5) is 14.0. The van der Waals surface area contributed by atoms with E-state index in [0.29, 0.717) is 13.1 Å². The summed E-state index contributed by atoms with van der Waals surface area (Å²) in [5.74, 6) is -0.720. The predicted octanol–water partition coefficient (Wildman–Crippen LogP) is -0.402. The zero-order chi connectivity index (χ0) is 16.4. The van der Waals surface area contributed by atoms with E-state index in [1.54, 1.807) is 0 Å². The molecule has 1 aromatic rings. The van der Waals surface area contributed by atoms with Crippen molar-refractivity contribution in [2.75, 3.05) is 46.4 Å². The van der Waals surface area contributed by atoms with E-state index in [4.69, 9.17) is 0 Å². The van der Waals surface area contributed by atoms with Crippen LogP contribution >= 0.6 is 11.5 Å². The topological polar surface area (TPSA) is 91.8 Å². The van der Waals surface area contributed by atoms with E-state index in [-0.39, 0.29) is 16.6 Å². The lowest BCUT2D eigenvalue weighted by Crippen LogP contribution is -2.49. The molecule has 0 aromatic carbocycles. The minimum atomic E-state index is -3.71. The quantitative estimate of drug-likeness (QED) is 0.730. The van der Waals surface area contributed by atoms with Crippen LogP contribution in [0.1, 0.15) is 16.9 Å². The van der Waals surface area contributed by atoms with E-state index in [1.165, 1.54) is 16.8 Å². The number of carbonyl (C=O) groups is 1. The standard InChI is InChI=1S/C13H20N4O4S2/c1-21-13(18)12-11(9-22-15-12)23(19,20)17-5-2-10(8-17)16-6-3-14-4-7-16/h9-10,14H,2-8H2,1H3. The lowest BCUT2D eigenvalue weighted by Gasteiger charge is -2.32. The van der Waals surface area contributed by atoms with Gasteiger partial charge in [-0.3, -0.25) is 4.90 Å². The molecule has 1 unspecified atom stereocenters. The number of rotatable bonds is 4. The van der Waals surface area contributed by atoms with Gasteiger partial charge in [0.05, 0.1) is 7.11 Å². The molecule has 23 heavy (non-hydrogen) atoms. The molecule has 10 heteroatoms. The van der Waals surface area contributed by atoms with Crippen molar-refractivity contribution in [3.63, 3.8) is 0 Å². The SMILES string of the molecule is COC(=O)c1nscc1S(=O)(=O)N1CCC(N2CCNCC2)C1. The van der Waals surface area contributed by atoms with Crippen LogP contribution in [-0.2, 0) is 14.8 Å². The molecule has 2 aliphatic rings. The highest BCUT2D eigenvalue weighted by atomic mass is 32.2. The molecule has 8 nitrogen and oxygen atoms in total. The molecule has 0 aliphatic carbocycles. The first kappa shape index (κ1) is 16.8. The van der Waals surface area contributed by atoms with Gasteiger partial charge in [0.15, 0.2) is 5.69 Å². The van der Waals surface area contributed by atoms with Crippen LogP contribution in [0.15, 0.2) is 10.3 Å². The number of hydrogen-bond donors (Lipinski definition) is 1. The number of carbonyl (C=O) groups excluding carboxylic acids is 1. The van der Waals surface area contributed by atoms with Gasteiger partial charge < -0.3 is 10.1 Å². The van der Waals surface area contributed by atoms with Crippen molar-refractivity contribution in [1.29, 1.82) is 0 Å². The number of hydrogen-bond acceptors (Lipinski definition) is 8. The van der Waals surface area contributed by atoms with Crippen molar-refractivity contribution in [2.45, 2.75) is 17.4 Å². The molecule has 2 fully saturated rings. The van der Waals surface area contributed by atoms with E-state index in [1.807, 2.05) is 0 Å². The minimum absolute atomic E-state index is 0.0460. The molecule has 1 atom stereocenters. The van der Waals surface area contributed by atoms with Crippen molar-refractivity contribution in [3.8, 4) is 0 Å². The number of methoxy groups -OCH3 is 1. The molecule has 1 aromatic heterocycles. The Bertz CT molecular complexity index is 669. The molecule has 0 saturated carbocycles. The Balaban J connectivity index is 1.76. The van der Waals surface area contributed by atoms with E-state index >= 15 is 0 Å². The average molecular weight is 360 g/mol. The maximum absolute atomic E-state index is 12.8. The van der Waals surface area contributed by atoms with Gasteiger partial charge in [-0.25, -0.2) is 13.2 Å². The molecular weight excluding hydrogens is 340 g/mol. The summed E-state index contributed by atoms with van der Waals surface area (Å²) in [7, 11) is -2.50. The lowest BCUT2D eigenvalue weighted by atomic mass is 10.2. The van der Waals surface area contributed by atoms with E-state index in [2.05, 4.69) is 19.3 Å². The summed E-state index contributed by atoms with van der Waals surface area (Å²) in [6.07, 6.45) is 0.810. The fourth-order valence-electron chi connectivity index (χ4n) is 3.06. The Morgan fingerprint density at radius 3 is 2.83 bits per heavy atom. The molecular formula is C13H20N4O4S2. The van der Waals surface area contributed by atoms with E-state index in [0.717, 1.165) is 44.1 Å². The van der Waals surface area contributed by atoms with Crippen LogP contribution in [0.2, 0.25) is 0 Å². The fourth-order valence-corrected chi connectivity index (χ4v) is 5.64. The van der Waals surface area contributed by atoms with Crippen molar-refractivity contribution in [1.82, 2.24) is 18.9 Å². The van der Waals surface area contributed by atoms with Crippen LogP contribution in [0.4, 0.5) is 0 Å². The molecule has 0 spiro atoms. The van der Waals surface area contributed by atoms with Crippen LogP contribution in [0.3, 0.4) is 0 Å². The Hall–Kier alpha value is -1.07. The number of esters is 1. The van der Waals surface area contributed by atoms with Crippen LogP contribution in [-0.4, -0.2) is 80.4 Å². The second kappa shape index (κ2) is 6.81. The minimum Gasteiger partial charge on any atom is -0.464 e. The van der Waals surface area contributed by atoms with Crippen LogP contribution in [0.5, 0.6) is 0 Å². The number of nitrogens with zero attached hydrogens (tertiary/aromatic N) is 3. The highest BCUT2D eigenvalue weighted by molar-refractivity contribution is 7.89. The van der Waals surface area contributed by atoms with Gasteiger partial charge in [-0.2, -0.15) is 8.68 Å². The third-order valence-corrected chi connectivity index (χ3v) is 6.98. The Morgan fingerprint density at radius 1 is 1.39 bits per heavy atom. The van der Waals surface area contributed by atoms with Crippen molar-refractivity contribution >= 4 is 27.5 Å². The largest absolute Gasteiger partial charge is 0.464 e. The summed E-state index contributed by atoms with van der Waals surface area (Å²) >= 11 is 0.949. The normalized spacial score (nSPS) is 24.0. The third-order valence-electron chi connectivity index (χ3n) is 4.33. The van der Waals surface area contributed by atoms with Gasteiger partial charge in [0.2, 0.25) is 10.0 Å². The van der Waals surface area contributed by atoms with Crippen molar-refractivity contribution < 1.29 is 17.9 Å². The Kier molecular flexibility index (Phi) is 4.97. The molecule has 2 saturated heterocycles. The maximum Gasteiger partial charge on any atom is 0.359 e. The van der Waals surface area contributed by atoms with Gasteiger partial charge in [-0.1, -0.05) is 0 Å². The van der Waals surface area contributed by atoms with Crippen molar-refractivity contribution in [2.24, 2.45) is 0 Å². The summed E-state index contributed by atoms with van der Waals surface area (Å²) in [5, 5.41) is 4.70. The molecule has 3 heterocycles. The average Bonchev–Trinajstić information content (AvgIpc) is 3.24. The van der Waals surface area contributed by atoms with Gasteiger partial charge in [0.25, 0.3) is 0 Å². The first-order valence-electron chi connectivity index (χ1n) is 7.51. The number of nitrogens with one attached hydrogen (secondary N) is 1. The molecule has 0 bridgehead atoms. The first-order valence-corrected chi connectivity index (χ1v) is 9.79. The fraction of sp³-hybridized carbons (Fsp3) is 0.692. The van der Waals surface area contributed by atoms with Crippen LogP contribution in [0, 0.1) is 0 Å². The van der Waals surface area contributed by atoms with Gasteiger partial charge in [0, 0.05) is 50.7 Å². The highest BCUT2D eigenvalue weighted by Gasteiger charge is 2.38. The third kappa shape index (κ3) is 3.26. The Labute approximate surface area is 139 Å². The maximum atomic E-state index is 12.8. The van der Waals surface area contributed by atoms with Gasteiger partial charge >= 0.3 is 5.97 Å². The number of sulfonamides is 1. The van der Waals surface area contributed by atoms with E-state index in [9.17, 15) is 13.2 Å². The molecule has 0 amide bonds. The lowest BCUT2D eigenvalue weighted by molar-refractivity contribution is 0.0590. The summed E-state index contributed by atoms with van der Waals surface area (Å²) in [5.41, 5.74) is -0.122. The van der Waals surface area contributed by atoms with Gasteiger partial charge in [-0.15, -0.1) is 0 Å². The molecule has 0 radical (unpaired) electrons.